The van der Waals surface area contributed by atoms with Gasteiger partial charge in [-0.05, 0) is 56.0 Å². The number of carboxylic acid groups (broad SMARTS) is 1. The summed E-state index contributed by atoms with van der Waals surface area (Å²) in [4.78, 5) is 11.1. The van der Waals surface area contributed by atoms with Crippen molar-refractivity contribution in [2.24, 2.45) is 0 Å². The van der Waals surface area contributed by atoms with Gasteiger partial charge in [0.05, 0.1) is 7.11 Å². The lowest BCUT2D eigenvalue weighted by molar-refractivity contribution is -0.145. The molecular formula is C16H23NO4. The van der Waals surface area contributed by atoms with Gasteiger partial charge in [0.2, 0.25) is 0 Å². The molecular weight excluding hydrogens is 270 g/mol. The van der Waals surface area contributed by atoms with Crippen molar-refractivity contribution < 1.29 is 19.4 Å². The maximum absolute atomic E-state index is 11.1. The van der Waals surface area contributed by atoms with Crippen molar-refractivity contribution in [1.29, 1.82) is 0 Å². The summed E-state index contributed by atoms with van der Waals surface area (Å²) in [5.41, 5.74) is 1.23. The second-order valence-electron chi connectivity index (χ2n) is 5.29. The van der Waals surface area contributed by atoms with E-state index in [2.05, 4.69) is 5.32 Å². The highest BCUT2D eigenvalue weighted by molar-refractivity contribution is 5.72. The number of carbonyl (C=O) groups is 1. The van der Waals surface area contributed by atoms with E-state index in [4.69, 9.17) is 14.6 Å². The number of hydrogen-bond acceptors (Lipinski definition) is 4. The third-order valence-electron chi connectivity index (χ3n) is 3.91. The van der Waals surface area contributed by atoms with E-state index >= 15 is 0 Å². The summed E-state index contributed by atoms with van der Waals surface area (Å²) < 4.78 is 10.9. The quantitative estimate of drug-likeness (QED) is 0.843. The van der Waals surface area contributed by atoms with Gasteiger partial charge in [-0.2, -0.15) is 0 Å². The predicted octanol–water partition coefficient (Wildman–Crippen LogP) is 2.40. The van der Waals surface area contributed by atoms with Gasteiger partial charge < -0.3 is 19.9 Å². The average Bonchev–Trinajstić information content (AvgIpc) is 2.53. The van der Waals surface area contributed by atoms with Gasteiger partial charge in [-0.15, -0.1) is 0 Å². The van der Waals surface area contributed by atoms with E-state index in [0.717, 1.165) is 25.9 Å². The molecule has 1 fully saturated rings. The molecule has 21 heavy (non-hydrogen) atoms. The molecule has 0 saturated carbocycles. The summed E-state index contributed by atoms with van der Waals surface area (Å²) in [6.45, 7) is 3.85. The van der Waals surface area contributed by atoms with E-state index in [1.165, 1.54) is 5.56 Å². The Kier molecular flexibility index (Phi) is 5.44. The van der Waals surface area contributed by atoms with Crippen LogP contribution in [-0.2, 0) is 4.79 Å². The van der Waals surface area contributed by atoms with Crippen molar-refractivity contribution in [1.82, 2.24) is 5.32 Å². The first-order valence-electron chi connectivity index (χ1n) is 7.43. The molecule has 0 aliphatic carbocycles. The molecule has 0 bridgehead atoms. The Balaban J connectivity index is 2.17. The molecule has 1 atom stereocenters. The summed E-state index contributed by atoms with van der Waals surface area (Å²) in [5.74, 6) is 0.660. The van der Waals surface area contributed by atoms with Gasteiger partial charge in [0.1, 0.15) is 0 Å². The molecule has 0 radical (unpaired) electrons. The molecule has 0 spiro atoms. The maximum Gasteiger partial charge on any atom is 0.344 e. The first kappa shape index (κ1) is 15.6. The SMILES string of the molecule is CCC(Oc1ccc(C2CCNCC2)cc1OC)C(=O)O. The van der Waals surface area contributed by atoms with Gasteiger partial charge in [0.15, 0.2) is 17.6 Å². The number of piperidine rings is 1. The number of aliphatic carboxylic acids is 1. The van der Waals surface area contributed by atoms with Crippen LogP contribution in [0.15, 0.2) is 18.2 Å². The van der Waals surface area contributed by atoms with Crippen LogP contribution in [0.4, 0.5) is 0 Å². The molecule has 0 aromatic heterocycles. The van der Waals surface area contributed by atoms with Crippen LogP contribution in [-0.4, -0.2) is 37.4 Å². The van der Waals surface area contributed by atoms with Crippen LogP contribution in [0.5, 0.6) is 11.5 Å². The molecule has 2 N–H and O–H groups in total. The van der Waals surface area contributed by atoms with Crippen LogP contribution in [0.1, 0.15) is 37.7 Å². The largest absolute Gasteiger partial charge is 0.493 e. The van der Waals surface area contributed by atoms with E-state index in [0.29, 0.717) is 23.8 Å². The number of hydrogen-bond donors (Lipinski definition) is 2. The fraction of sp³-hybridized carbons (Fsp3) is 0.562. The number of methoxy groups -OCH3 is 1. The lowest BCUT2D eigenvalue weighted by Gasteiger charge is -2.24. The average molecular weight is 293 g/mol. The summed E-state index contributed by atoms with van der Waals surface area (Å²) in [5, 5.41) is 12.4. The van der Waals surface area contributed by atoms with Crippen LogP contribution < -0.4 is 14.8 Å². The number of nitrogens with one attached hydrogen (secondary N) is 1. The highest BCUT2D eigenvalue weighted by Gasteiger charge is 2.21. The van der Waals surface area contributed by atoms with E-state index in [-0.39, 0.29) is 0 Å². The minimum atomic E-state index is -0.956. The fourth-order valence-electron chi connectivity index (χ4n) is 2.65. The molecule has 1 aromatic carbocycles. The summed E-state index contributed by atoms with van der Waals surface area (Å²) >= 11 is 0. The molecule has 1 aliphatic rings. The monoisotopic (exact) mass is 293 g/mol. The Morgan fingerprint density at radius 1 is 1.38 bits per heavy atom. The van der Waals surface area contributed by atoms with Crippen molar-refractivity contribution in [3.8, 4) is 11.5 Å². The van der Waals surface area contributed by atoms with Crippen LogP contribution in [0.3, 0.4) is 0 Å². The molecule has 1 aliphatic heterocycles. The third-order valence-corrected chi connectivity index (χ3v) is 3.91. The normalized spacial score (nSPS) is 17.2. The summed E-state index contributed by atoms with van der Waals surface area (Å²) in [7, 11) is 1.58. The van der Waals surface area contributed by atoms with Gasteiger partial charge >= 0.3 is 5.97 Å². The number of ether oxygens (including phenoxy) is 2. The van der Waals surface area contributed by atoms with E-state index in [1.54, 1.807) is 14.0 Å². The van der Waals surface area contributed by atoms with Crippen molar-refractivity contribution >= 4 is 5.97 Å². The second-order valence-corrected chi connectivity index (χ2v) is 5.29. The van der Waals surface area contributed by atoms with Crippen molar-refractivity contribution in [2.75, 3.05) is 20.2 Å². The van der Waals surface area contributed by atoms with Crippen LogP contribution in [0.2, 0.25) is 0 Å². The second kappa shape index (κ2) is 7.31. The van der Waals surface area contributed by atoms with Gasteiger partial charge in [-0.1, -0.05) is 13.0 Å². The molecule has 5 heteroatoms. The summed E-state index contributed by atoms with van der Waals surface area (Å²) in [6, 6.07) is 5.81. The van der Waals surface area contributed by atoms with Crippen molar-refractivity contribution in [2.45, 2.75) is 38.2 Å². The summed E-state index contributed by atoms with van der Waals surface area (Å²) in [6.07, 6.45) is 1.78. The lowest BCUT2D eigenvalue weighted by Crippen LogP contribution is -2.27. The molecule has 1 saturated heterocycles. The predicted molar refractivity (Wildman–Crippen MR) is 80.2 cm³/mol. The first-order chi connectivity index (χ1) is 10.2. The van der Waals surface area contributed by atoms with Crippen molar-refractivity contribution in [3.05, 3.63) is 23.8 Å². The van der Waals surface area contributed by atoms with E-state index < -0.39 is 12.1 Å². The molecule has 0 amide bonds. The molecule has 1 unspecified atom stereocenters. The zero-order valence-corrected chi connectivity index (χ0v) is 12.6. The molecule has 116 valence electrons. The van der Waals surface area contributed by atoms with Crippen molar-refractivity contribution in [3.63, 3.8) is 0 Å². The fourth-order valence-corrected chi connectivity index (χ4v) is 2.65. The Labute approximate surface area is 125 Å². The lowest BCUT2D eigenvalue weighted by atomic mass is 9.90. The molecule has 1 aromatic rings. The highest BCUT2D eigenvalue weighted by atomic mass is 16.5. The van der Waals surface area contributed by atoms with Gasteiger partial charge in [-0.3, -0.25) is 0 Å². The van der Waals surface area contributed by atoms with E-state index in [1.807, 2.05) is 18.2 Å². The van der Waals surface area contributed by atoms with Crippen LogP contribution in [0.25, 0.3) is 0 Å². The van der Waals surface area contributed by atoms with E-state index in [9.17, 15) is 4.79 Å². The Morgan fingerprint density at radius 2 is 2.10 bits per heavy atom. The highest BCUT2D eigenvalue weighted by Crippen LogP contribution is 2.34. The van der Waals surface area contributed by atoms with Gasteiger partial charge in [-0.25, -0.2) is 4.79 Å². The van der Waals surface area contributed by atoms with Crippen LogP contribution >= 0.6 is 0 Å². The standard InChI is InChI=1S/C16H23NO4/c1-3-13(16(18)19)21-14-5-4-12(10-15(14)20-2)11-6-8-17-9-7-11/h4-5,10-11,13,17H,3,6-9H2,1-2H3,(H,18,19). The smallest absolute Gasteiger partial charge is 0.344 e. The Hall–Kier alpha value is -1.75. The number of carboxylic acids is 1. The Morgan fingerprint density at radius 3 is 2.67 bits per heavy atom. The molecule has 5 nitrogen and oxygen atoms in total. The van der Waals surface area contributed by atoms with Gasteiger partial charge in [0, 0.05) is 0 Å². The first-order valence-corrected chi connectivity index (χ1v) is 7.43. The molecule has 2 rings (SSSR count). The Bertz CT molecular complexity index is 483. The maximum atomic E-state index is 11.1. The molecule has 1 heterocycles. The zero-order chi connectivity index (χ0) is 15.2. The van der Waals surface area contributed by atoms with Crippen LogP contribution in [0, 0.1) is 0 Å². The topological polar surface area (TPSA) is 67.8 Å². The zero-order valence-electron chi connectivity index (χ0n) is 12.6. The minimum Gasteiger partial charge on any atom is -0.493 e. The van der Waals surface area contributed by atoms with Gasteiger partial charge in [0.25, 0.3) is 0 Å². The number of benzene rings is 1. The minimum absolute atomic E-state index is 0.411. The number of rotatable bonds is 6. The third kappa shape index (κ3) is 3.88.